The molecule has 0 unspecified atom stereocenters. The molecule has 0 aromatic heterocycles. The van der Waals surface area contributed by atoms with Crippen LogP contribution >= 0.6 is 0 Å². The largest absolute Gasteiger partial charge is 0.345 e. The summed E-state index contributed by atoms with van der Waals surface area (Å²) >= 11 is 0. The molecule has 8 nitrogen and oxygen atoms in total. The Hall–Kier alpha value is -3.26. The number of nitrogens with one attached hydrogen (secondary N) is 1. The van der Waals surface area contributed by atoms with Gasteiger partial charge >= 0.3 is 0 Å². The van der Waals surface area contributed by atoms with Gasteiger partial charge in [-0.3, -0.25) is 24.6 Å². The molecule has 0 saturated heterocycles. The number of carbonyl (C=O) groups excluding carboxylic acids is 2. The second kappa shape index (κ2) is 8.91. The average molecular weight is 370 g/mol. The van der Waals surface area contributed by atoms with Gasteiger partial charge in [0, 0.05) is 43.5 Å². The molecule has 0 bridgehead atoms. The quantitative estimate of drug-likeness (QED) is 0.596. The van der Waals surface area contributed by atoms with Gasteiger partial charge in [0.1, 0.15) is 0 Å². The molecule has 0 atom stereocenters. The molecule has 142 valence electrons. The molecule has 0 radical (unpaired) electrons. The molecule has 27 heavy (non-hydrogen) atoms. The number of anilines is 1. The van der Waals surface area contributed by atoms with Crippen LogP contribution in [0.2, 0.25) is 0 Å². The van der Waals surface area contributed by atoms with Gasteiger partial charge in [-0.25, -0.2) is 0 Å². The normalized spacial score (nSPS) is 10.5. The van der Waals surface area contributed by atoms with Crippen LogP contribution in [0.3, 0.4) is 0 Å². The minimum absolute atomic E-state index is 0.0275. The van der Waals surface area contributed by atoms with Crippen LogP contribution in [-0.2, 0) is 11.3 Å². The predicted octanol–water partition coefficient (Wildman–Crippen LogP) is 2.37. The molecular weight excluding hydrogens is 348 g/mol. The SMILES string of the molecule is CN(CC(=O)Nc1cccc(C(=O)N(C)C)c1)Cc1ccccc1[N+](=O)[O-]. The average Bonchev–Trinajstić information content (AvgIpc) is 2.61. The Balaban J connectivity index is 1.99. The molecule has 0 aliphatic carbocycles. The highest BCUT2D eigenvalue weighted by Gasteiger charge is 2.16. The fraction of sp³-hybridized carbons (Fsp3) is 0.263. The monoisotopic (exact) mass is 370 g/mol. The van der Waals surface area contributed by atoms with Crippen molar-refractivity contribution < 1.29 is 14.5 Å². The van der Waals surface area contributed by atoms with Crippen molar-refractivity contribution >= 4 is 23.2 Å². The van der Waals surface area contributed by atoms with E-state index >= 15 is 0 Å². The number of amides is 2. The third kappa shape index (κ3) is 5.61. The first-order valence-electron chi connectivity index (χ1n) is 8.30. The molecule has 2 rings (SSSR count). The first-order chi connectivity index (χ1) is 12.8. The number of hydrogen-bond acceptors (Lipinski definition) is 5. The van der Waals surface area contributed by atoms with E-state index in [1.54, 1.807) is 68.5 Å². The van der Waals surface area contributed by atoms with Gasteiger partial charge in [-0.05, 0) is 25.2 Å². The third-order valence-electron chi connectivity index (χ3n) is 3.84. The van der Waals surface area contributed by atoms with Crippen LogP contribution in [-0.4, -0.2) is 54.2 Å². The first kappa shape index (κ1) is 20.1. The maximum atomic E-state index is 12.3. The second-order valence-electron chi connectivity index (χ2n) is 6.39. The van der Waals surface area contributed by atoms with Gasteiger partial charge in [-0.15, -0.1) is 0 Å². The lowest BCUT2D eigenvalue weighted by Crippen LogP contribution is -2.30. The maximum absolute atomic E-state index is 12.3. The zero-order chi connectivity index (χ0) is 20.0. The Morgan fingerprint density at radius 1 is 1.07 bits per heavy atom. The van der Waals surface area contributed by atoms with E-state index in [9.17, 15) is 19.7 Å². The minimum Gasteiger partial charge on any atom is -0.345 e. The second-order valence-corrected chi connectivity index (χ2v) is 6.39. The molecule has 0 saturated carbocycles. The molecule has 2 aromatic carbocycles. The van der Waals surface area contributed by atoms with E-state index < -0.39 is 4.92 Å². The lowest BCUT2D eigenvalue weighted by Gasteiger charge is -2.17. The number of nitro benzene ring substituents is 1. The fourth-order valence-corrected chi connectivity index (χ4v) is 2.60. The summed E-state index contributed by atoms with van der Waals surface area (Å²) < 4.78 is 0. The molecule has 0 aliphatic rings. The van der Waals surface area contributed by atoms with Crippen molar-refractivity contribution in [2.24, 2.45) is 0 Å². The highest BCUT2D eigenvalue weighted by atomic mass is 16.6. The van der Waals surface area contributed by atoms with Crippen molar-refractivity contribution in [2.75, 3.05) is 33.0 Å². The van der Waals surface area contributed by atoms with Crippen molar-refractivity contribution in [2.45, 2.75) is 6.54 Å². The Kier molecular flexibility index (Phi) is 6.62. The zero-order valence-electron chi connectivity index (χ0n) is 15.5. The Morgan fingerprint density at radius 3 is 2.44 bits per heavy atom. The van der Waals surface area contributed by atoms with Crippen LogP contribution in [0.4, 0.5) is 11.4 Å². The molecule has 0 heterocycles. The highest BCUT2D eigenvalue weighted by Crippen LogP contribution is 2.19. The van der Waals surface area contributed by atoms with Gasteiger partial charge in [0.05, 0.1) is 11.5 Å². The Labute approximate surface area is 157 Å². The van der Waals surface area contributed by atoms with Crippen molar-refractivity contribution in [3.63, 3.8) is 0 Å². The number of carbonyl (C=O) groups is 2. The lowest BCUT2D eigenvalue weighted by atomic mass is 10.1. The van der Waals surface area contributed by atoms with Crippen LogP contribution in [0.25, 0.3) is 0 Å². The number of nitrogens with zero attached hydrogens (tertiary/aromatic N) is 3. The molecule has 0 fully saturated rings. The Morgan fingerprint density at radius 2 is 1.78 bits per heavy atom. The van der Waals surface area contributed by atoms with Crippen LogP contribution in [0.15, 0.2) is 48.5 Å². The predicted molar refractivity (Wildman–Crippen MR) is 103 cm³/mol. The zero-order valence-corrected chi connectivity index (χ0v) is 15.5. The van der Waals surface area contributed by atoms with Crippen molar-refractivity contribution in [1.29, 1.82) is 0 Å². The highest BCUT2D eigenvalue weighted by molar-refractivity contribution is 5.97. The first-order valence-corrected chi connectivity index (χ1v) is 8.30. The van der Waals surface area contributed by atoms with E-state index in [1.165, 1.54) is 11.0 Å². The summed E-state index contributed by atoms with van der Waals surface area (Å²) in [4.78, 5) is 38.1. The van der Waals surface area contributed by atoms with Gasteiger partial charge < -0.3 is 10.2 Å². The van der Waals surface area contributed by atoms with E-state index in [2.05, 4.69) is 5.32 Å². The van der Waals surface area contributed by atoms with Crippen LogP contribution in [0, 0.1) is 10.1 Å². The summed E-state index contributed by atoms with van der Waals surface area (Å²) in [5, 5.41) is 13.8. The molecule has 8 heteroatoms. The number of para-hydroxylation sites is 1. The van der Waals surface area contributed by atoms with Gasteiger partial charge in [-0.1, -0.05) is 24.3 Å². The van der Waals surface area contributed by atoms with Crippen molar-refractivity contribution in [1.82, 2.24) is 9.80 Å². The Bertz CT molecular complexity index is 851. The number of nitro groups is 1. The van der Waals surface area contributed by atoms with E-state index in [1.807, 2.05) is 0 Å². The summed E-state index contributed by atoms with van der Waals surface area (Å²) in [7, 11) is 5.03. The summed E-state index contributed by atoms with van der Waals surface area (Å²) in [5.74, 6) is -0.426. The molecule has 2 amide bonds. The molecular formula is C19H22N4O4. The van der Waals surface area contributed by atoms with Crippen LogP contribution in [0.5, 0.6) is 0 Å². The molecule has 2 aromatic rings. The van der Waals surface area contributed by atoms with Gasteiger partial charge in [0.25, 0.3) is 11.6 Å². The summed E-state index contributed by atoms with van der Waals surface area (Å²) in [6, 6.07) is 13.1. The summed E-state index contributed by atoms with van der Waals surface area (Å²) in [6.07, 6.45) is 0. The number of benzene rings is 2. The lowest BCUT2D eigenvalue weighted by molar-refractivity contribution is -0.385. The van der Waals surface area contributed by atoms with Gasteiger partial charge in [-0.2, -0.15) is 0 Å². The fourth-order valence-electron chi connectivity index (χ4n) is 2.60. The number of rotatable bonds is 7. The van der Waals surface area contributed by atoms with Gasteiger partial charge in [0.15, 0.2) is 0 Å². The van der Waals surface area contributed by atoms with Crippen LogP contribution in [0.1, 0.15) is 15.9 Å². The molecule has 1 N–H and O–H groups in total. The molecule has 0 spiro atoms. The van der Waals surface area contributed by atoms with E-state index in [0.717, 1.165) is 0 Å². The van der Waals surface area contributed by atoms with Gasteiger partial charge in [0.2, 0.25) is 5.91 Å². The van der Waals surface area contributed by atoms with Crippen LogP contribution < -0.4 is 5.32 Å². The van der Waals surface area contributed by atoms with E-state index in [-0.39, 0.29) is 30.6 Å². The smallest absolute Gasteiger partial charge is 0.273 e. The number of hydrogen-bond donors (Lipinski definition) is 1. The minimum atomic E-state index is -0.434. The third-order valence-corrected chi connectivity index (χ3v) is 3.84. The van der Waals surface area contributed by atoms with Crippen molar-refractivity contribution in [3.8, 4) is 0 Å². The molecule has 0 aliphatic heterocycles. The summed E-state index contributed by atoms with van der Waals surface area (Å²) in [5.41, 5.74) is 1.56. The van der Waals surface area contributed by atoms with E-state index in [0.29, 0.717) is 16.8 Å². The van der Waals surface area contributed by atoms with E-state index in [4.69, 9.17) is 0 Å². The maximum Gasteiger partial charge on any atom is 0.273 e. The van der Waals surface area contributed by atoms with Crippen molar-refractivity contribution in [3.05, 3.63) is 69.8 Å². The standard InChI is InChI=1S/C19H22N4O4/c1-21(2)19(25)14-8-6-9-16(11-14)20-18(24)13-22(3)12-15-7-4-5-10-17(15)23(26)27/h4-11H,12-13H2,1-3H3,(H,20,24). The number of likely N-dealkylation sites (N-methyl/N-ethyl adjacent to an activating group) is 1. The topological polar surface area (TPSA) is 95.8 Å². The summed E-state index contributed by atoms with van der Waals surface area (Å²) in [6.45, 7) is 0.321.